The van der Waals surface area contributed by atoms with E-state index in [1.165, 1.54) is 17.3 Å². The molecule has 2 aromatic carbocycles. The fraction of sp³-hybridized carbons (Fsp3) is 0.417. The Labute approximate surface area is 188 Å². The van der Waals surface area contributed by atoms with Crippen molar-refractivity contribution in [2.45, 2.75) is 31.2 Å². The largest absolute Gasteiger partial charge is 0.379 e. The maximum atomic E-state index is 12.8. The highest BCUT2D eigenvalue weighted by molar-refractivity contribution is 8.00. The first-order valence-electron chi connectivity index (χ1n) is 10.7. The van der Waals surface area contributed by atoms with Crippen molar-refractivity contribution >= 4 is 29.3 Å². The lowest BCUT2D eigenvalue weighted by molar-refractivity contribution is -0.119. The molecule has 0 spiro atoms. The van der Waals surface area contributed by atoms with Crippen molar-refractivity contribution in [1.29, 1.82) is 0 Å². The van der Waals surface area contributed by atoms with Gasteiger partial charge in [0.25, 0.3) is 5.91 Å². The summed E-state index contributed by atoms with van der Waals surface area (Å²) in [4.78, 5) is 28.0. The van der Waals surface area contributed by atoms with Crippen LogP contribution in [0.15, 0.2) is 53.4 Å². The minimum absolute atomic E-state index is 0.0390. The number of carbonyl (C=O) groups is 2. The third-order valence-corrected chi connectivity index (χ3v) is 6.05. The Morgan fingerprint density at radius 3 is 2.48 bits per heavy atom. The van der Waals surface area contributed by atoms with Crippen molar-refractivity contribution in [3.05, 3.63) is 59.7 Å². The van der Waals surface area contributed by atoms with Gasteiger partial charge in [-0.1, -0.05) is 24.3 Å². The summed E-state index contributed by atoms with van der Waals surface area (Å²) >= 11 is 1.37. The highest BCUT2D eigenvalue weighted by atomic mass is 32.2. The molecular formula is C24H31N3O3S. The number of benzene rings is 2. The second kappa shape index (κ2) is 11.9. The van der Waals surface area contributed by atoms with Crippen LogP contribution in [0.4, 0.5) is 5.69 Å². The molecule has 2 aromatic rings. The van der Waals surface area contributed by atoms with Crippen LogP contribution in [0.25, 0.3) is 0 Å². The van der Waals surface area contributed by atoms with Crippen LogP contribution in [0.3, 0.4) is 0 Å². The molecule has 1 fully saturated rings. The molecule has 0 bridgehead atoms. The number of hydrogen-bond acceptors (Lipinski definition) is 5. The van der Waals surface area contributed by atoms with Crippen LogP contribution < -0.4 is 10.6 Å². The fourth-order valence-electron chi connectivity index (χ4n) is 3.35. The maximum absolute atomic E-state index is 12.8. The maximum Gasteiger partial charge on any atom is 0.256 e. The van der Waals surface area contributed by atoms with Crippen LogP contribution in [0.1, 0.15) is 29.8 Å². The second-order valence-electron chi connectivity index (χ2n) is 7.86. The quantitative estimate of drug-likeness (QED) is 0.584. The van der Waals surface area contributed by atoms with E-state index < -0.39 is 0 Å². The van der Waals surface area contributed by atoms with E-state index in [-0.39, 0.29) is 23.6 Å². The van der Waals surface area contributed by atoms with Gasteiger partial charge in [0, 0.05) is 36.3 Å². The number of ether oxygens (including phenoxy) is 1. The molecule has 2 N–H and O–H groups in total. The first kappa shape index (κ1) is 23.3. The van der Waals surface area contributed by atoms with E-state index in [9.17, 15) is 9.59 Å². The monoisotopic (exact) mass is 441 g/mol. The zero-order chi connectivity index (χ0) is 22.1. The SMILES string of the molecule is CC(C)NC(=O)CSc1ccccc1C(=O)Nc1ccc(CCN2CCOCC2)cc1. The molecule has 1 saturated heterocycles. The molecule has 0 aliphatic carbocycles. The van der Waals surface area contributed by atoms with Crippen LogP contribution in [0.5, 0.6) is 0 Å². The Balaban J connectivity index is 1.54. The molecule has 0 radical (unpaired) electrons. The van der Waals surface area contributed by atoms with Crippen LogP contribution in [0.2, 0.25) is 0 Å². The number of hydrogen-bond donors (Lipinski definition) is 2. The Morgan fingerprint density at radius 1 is 1.06 bits per heavy atom. The zero-order valence-corrected chi connectivity index (χ0v) is 19.0. The van der Waals surface area contributed by atoms with Crippen molar-refractivity contribution in [2.24, 2.45) is 0 Å². The van der Waals surface area contributed by atoms with Gasteiger partial charge in [0.1, 0.15) is 0 Å². The van der Waals surface area contributed by atoms with E-state index in [1.54, 1.807) is 6.07 Å². The lowest BCUT2D eigenvalue weighted by Gasteiger charge is -2.26. The van der Waals surface area contributed by atoms with Crippen molar-refractivity contribution < 1.29 is 14.3 Å². The van der Waals surface area contributed by atoms with Gasteiger partial charge in [-0.15, -0.1) is 11.8 Å². The zero-order valence-electron chi connectivity index (χ0n) is 18.2. The highest BCUT2D eigenvalue weighted by Crippen LogP contribution is 2.23. The molecule has 0 atom stereocenters. The molecule has 166 valence electrons. The van der Waals surface area contributed by atoms with Crippen molar-refractivity contribution in [3.63, 3.8) is 0 Å². The van der Waals surface area contributed by atoms with Gasteiger partial charge in [-0.2, -0.15) is 0 Å². The van der Waals surface area contributed by atoms with Gasteiger partial charge in [-0.25, -0.2) is 0 Å². The van der Waals surface area contributed by atoms with Crippen LogP contribution >= 0.6 is 11.8 Å². The van der Waals surface area contributed by atoms with E-state index in [4.69, 9.17) is 4.74 Å². The van der Waals surface area contributed by atoms with E-state index in [0.717, 1.165) is 49.9 Å². The molecule has 31 heavy (non-hydrogen) atoms. The van der Waals surface area contributed by atoms with Gasteiger partial charge in [0.05, 0.1) is 24.5 Å². The molecule has 1 heterocycles. The van der Waals surface area contributed by atoms with E-state index in [2.05, 4.69) is 27.7 Å². The standard InChI is InChI=1S/C24H31N3O3S/c1-18(2)25-23(28)17-31-22-6-4-3-5-21(22)24(29)26-20-9-7-19(8-10-20)11-12-27-13-15-30-16-14-27/h3-10,18H,11-17H2,1-2H3,(H,25,28)(H,26,29). The van der Waals surface area contributed by atoms with Crippen molar-refractivity contribution in [3.8, 4) is 0 Å². The minimum Gasteiger partial charge on any atom is -0.379 e. The van der Waals surface area contributed by atoms with E-state index in [0.29, 0.717) is 5.56 Å². The highest BCUT2D eigenvalue weighted by Gasteiger charge is 2.14. The van der Waals surface area contributed by atoms with Crippen LogP contribution in [-0.2, 0) is 16.0 Å². The molecule has 7 heteroatoms. The van der Waals surface area contributed by atoms with E-state index in [1.807, 2.05) is 44.2 Å². The number of thioether (sulfide) groups is 1. The van der Waals surface area contributed by atoms with Gasteiger partial charge in [0.15, 0.2) is 0 Å². The predicted octanol–water partition coefficient (Wildman–Crippen LogP) is 3.43. The third-order valence-electron chi connectivity index (χ3n) is 4.97. The summed E-state index contributed by atoms with van der Waals surface area (Å²) in [5.41, 5.74) is 2.58. The molecule has 0 saturated carbocycles. The first-order valence-corrected chi connectivity index (χ1v) is 11.7. The first-order chi connectivity index (χ1) is 15.0. The number of amides is 2. The number of carbonyl (C=O) groups excluding carboxylic acids is 2. The van der Waals surface area contributed by atoms with Gasteiger partial charge in [0.2, 0.25) is 5.91 Å². The average molecular weight is 442 g/mol. The summed E-state index contributed by atoms with van der Waals surface area (Å²) in [5, 5.41) is 5.84. The molecule has 3 rings (SSSR count). The van der Waals surface area contributed by atoms with Crippen LogP contribution in [-0.4, -0.2) is 61.4 Å². The predicted molar refractivity (Wildman–Crippen MR) is 126 cm³/mol. The molecule has 1 aliphatic heterocycles. The molecule has 6 nitrogen and oxygen atoms in total. The van der Waals surface area contributed by atoms with Gasteiger partial charge in [-0.3, -0.25) is 14.5 Å². The molecule has 1 aliphatic rings. The van der Waals surface area contributed by atoms with Crippen molar-refractivity contribution in [1.82, 2.24) is 10.2 Å². The van der Waals surface area contributed by atoms with E-state index >= 15 is 0 Å². The Morgan fingerprint density at radius 2 is 1.77 bits per heavy atom. The Kier molecular flexibility index (Phi) is 8.94. The number of anilines is 1. The molecule has 2 amide bonds. The summed E-state index contributed by atoms with van der Waals surface area (Å²) in [6, 6.07) is 15.5. The lowest BCUT2D eigenvalue weighted by atomic mass is 10.1. The number of morpholine rings is 1. The van der Waals surface area contributed by atoms with Crippen molar-refractivity contribution in [2.75, 3.05) is 43.9 Å². The number of nitrogens with zero attached hydrogens (tertiary/aromatic N) is 1. The number of rotatable bonds is 9. The van der Waals surface area contributed by atoms with Gasteiger partial charge < -0.3 is 15.4 Å². The summed E-state index contributed by atoms with van der Waals surface area (Å²) in [6.07, 6.45) is 0.978. The Hall–Kier alpha value is -2.35. The number of nitrogens with one attached hydrogen (secondary N) is 2. The minimum atomic E-state index is -0.173. The topological polar surface area (TPSA) is 70.7 Å². The fourth-order valence-corrected chi connectivity index (χ4v) is 4.21. The van der Waals surface area contributed by atoms with Gasteiger partial charge >= 0.3 is 0 Å². The summed E-state index contributed by atoms with van der Waals surface area (Å²) in [7, 11) is 0. The molecular weight excluding hydrogens is 410 g/mol. The summed E-state index contributed by atoms with van der Waals surface area (Å²) in [6.45, 7) is 8.48. The molecule has 0 unspecified atom stereocenters. The summed E-state index contributed by atoms with van der Waals surface area (Å²) < 4.78 is 5.39. The van der Waals surface area contributed by atoms with Gasteiger partial charge in [-0.05, 0) is 50.1 Å². The normalized spacial score (nSPS) is 14.4. The lowest BCUT2D eigenvalue weighted by Crippen LogP contribution is -2.37. The Bertz CT molecular complexity index is 865. The third kappa shape index (κ3) is 7.69. The summed E-state index contributed by atoms with van der Waals surface area (Å²) in [5.74, 6) is 0.0663. The average Bonchev–Trinajstić information content (AvgIpc) is 2.77. The second-order valence-corrected chi connectivity index (χ2v) is 8.88. The van der Waals surface area contributed by atoms with Crippen LogP contribution in [0, 0.1) is 0 Å². The molecule has 0 aromatic heterocycles. The smallest absolute Gasteiger partial charge is 0.256 e.